The van der Waals surface area contributed by atoms with Gasteiger partial charge in [-0.2, -0.15) is 13.2 Å². The van der Waals surface area contributed by atoms with Crippen LogP contribution in [0.2, 0.25) is 5.02 Å². The maximum Gasteiger partial charge on any atom is 0.416 e. The van der Waals surface area contributed by atoms with Gasteiger partial charge >= 0.3 is 6.18 Å². The number of halogens is 4. The molecule has 4 heteroatoms. The van der Waals surface area contributed by atoms with Crippen LogP contribution in [0.3, 0.4) is 0 Å². The smallest absolute Gasteiger partial charge is 0.166 e. The Labute approximate surface area is 165 Å². The van der Waals surface area contributed by atoms with Crippen molar-refractivity contribution in [1.82, 2.24) is 0 Å². The fraction of sp³-hybridized carbons (Fsp3) is 0.435. The average molecular weight is 396 g/mol. The largest absolute Gasteiger partial charge is 0.416 e. The van der Waals surface area contributed by atoms with Crippen LogP contribution >= 0.6 is 11.6 Å². The van der Waals surface area contributed by atoms with Crippen LogP contribution in [0.5, 0.6) is 0 Å². The maximum atomic E-state index is 13.2. The van der Waals surface area contributed by atoms with E-state index in [0.29, 0.717) is 10.9 Å². The lowest BCUT2D eigenvalue weighted by Crippen LogP contribution is -2.16. The normalized spacial score (nSPS) is 13.4. The van der Waals surface area contributed by atoms with E-state index < -0.39 is 11.7 Å². The molecule has 0 heterocycles. The van der Waals surface area contributed by atoms with E-state index in [9.17, 15) is 13.2 Å². The van der Waals surface area contributed by atoms with Gasteiger partial charge in [-0.15, -0.1) is 0 Å². The molecule has 0 aliphatic rings. The van der Waals surface area contributed by atoms with E-state index in [1.54, 1.807) is 6.07 Å². The van der Waals surface area contributed by atoms with Crippen molar-refractivity contribution in [3.63, 3.8) is 0 Å². The zero-order valence-corrected chi connectivity index (χ0v) is 17.1. The molecule has 0 bridgehead atoms. The lowest BCUT2D eigenvalue weighted by atomic mass is 9.77. The Morgan fingerprint density at radius 3 is 2.15 bits per heavy atom. The second-order valence-corrected chi connectivity index (χ2v) is 7.85. The molecule has 2 rings (SSSR count). The van der Waals surface area contributed by atoms with Gasteiger partial charge in [0, 0.05) is 10.9 Å². The highest BCUT2D eigenvalue weighted by molar-refractivity contribution is 6.30. The number of hydrogen-bond acceptors (Lipinski definition) is 0. The number of benzene rings is 2. The first-order valence-electron chi connectivity index (χ1n) is 9.45. The van der Waals surface area contributed by atoms with Crippen molar-refractivity contribution in [3.05, 3.63) is 75.7 Å². The van der Waals surface area contributed by atoms with Crippen molar-refractivity contribution < 1.29 is 13.2 Å². The third kappa shape index (κ3) is 5.75. The molecule has 0 spiro atoms. The van der Waals surface area contributed by atoms with Gasteiger partial charge in [-0.05, 0) is 65.6 Å². The van der Waals surface area contributed by atoms with Crippen LogP contribution in [0.1, 0.15) is 68.7 Å². The Hall–Kier alpha value is -1.48. The summed E-state index contributed by atoms with van der Waals surface area (Å²) in [5.74, 6) is 1.56. The van der Waals surface area contributed by atoms with Gasteiger partial charge in [-0.3, -0.25) is 0 Å². The van der Waals surface area contributed by atoms with E-state index in [4.69, 9.17) is 11.6 Å². The van der Waals surface area contributed by atoms with Gasteiger partial charge in [0.15, 0.2) is 0 Å². The van der Waals surface area contributed by atoms with Crippen LogP contribution in [0.15, 0.2) is 42.5 Å². The zero-order chi connectivity index (χ0) is 20.2. The summed E-state index contributed by atoms with van der Waals surface area (Å²) >= 11 is 5.95. The summed E-state index contributed by atoms with van der Waals surface area (Å²) in [4.78, 5) is 0. The number of rotatable bonds is 7. The molecule has 0 N–H and O–H groups in total. The summed E-state index contributed by atoms with van der Waals surface area (Å²) in [6, 6.07) is 12.0. The third-order valence-corrected chi connectivity index (χ3v) is 5.40. The van der Waals surface area contributed by atoms with Crippen LogP contribution in [-0.2, 0) is 12.6 Å². The van der Waals surface area contributed by atoms with Gasteiger partial charge in [-0.25, -0.2) is 0 Å². The van der Waals surface area contributed by atoms with E-state index in [-0.39, 0.29) is 5.92 Å². The topological polar surface area (TPSA) is 0 Å². The highest BCUT2D eigenvalue weighted by Crippen LogP contribution is 2.39. The van der Waals surface area contributed by atoms with Gasteiger partial charge < -0.3 is 0 Å². The Bertz CT molecular complexity index is 732. The lowest BCUT2D eigenvalue weighted by molar-refractivity contribution is -0.137. The van der Waals surface area contributed by atoms with Crippen molar-refractivity contribution in [3.8, 4) is 0 Å². The monoisotopic (exact) mass is 395 g/mol. The predicted molar refractivity (Wildman–Crippen MR) is 107 cm³/mol. The van der Waals surface area contributed by atoms with Crippen LogP contribution < -0.4 is 0 Å². The van der Waals surface area contributed by atoms with Crippen LogP contribution in [0.25, 0.3) is 0 Å². The third-order valence-electron chi connectivity index (χ3n) is 5.15. The molecule has 0 nitrogen and oxygen atoms in total. The highest BCUT2D eigenvalue weighted by atomic mass is 35.5. The van der Waals surface area contributed by atoms with Crippen molar-refractivity contribution in [2.24, 2.45) is 5.92 Å². The SMILES string of the molecule is CCC(C)[C](CCc1ccc(Cl)cc1)c1ccc(C(F)(F)F)cc1C(C)C. The van der Waals surface area contributed by atoms with E-state index in [2.05, 4.69) is 13.8 Å². The fourth-order valence-corrected chi connectivity index (χ4v) is 3.46. The second kappa shape index (κ2) is 9.14. The first-order chi connectivity index (χ1) is 12.6. The Morgan fingerprint density at radius 1 is 1.00 bits per heavy atom. The highest BCUT2D eigenvalue weighted by Gasteiger charge is 2.32. The van der Waals surface area contributed by atoms with Crippen molar-refractivity contribution in [2.75, 3.05) is 0 Å². The molecule has 1 atom stereocenters. The van der Waals surface area contributed by atoms with Crippen LogP contribution in [0, 0.1) is 11.8 Å². The average Bonchev–Trinajstić information content (AvgIpc) is 2.62. The summed E-state index contributed by atoms with van der Waals surface area (Å²) in [6.45, 7) is 8.17. The van der Waals surface area contributed by atoms with Gasteiger partial charge in [0.05, 0.1) is 5.56 Å². The molecule has 147 valence electrons. The molecule has 0 fully saturated rings. The molecule has 2 aromatic carbocycles. The molecule has 0 aliphatic heterocycles. The second-order valence-electron chi connectivity index (χ2n) is 7.42. The fourth-order valence-electron chi connectivity index (χ4n) is 3.33. The van der Waals surface area contributed by atoms with E-state index in [1.807, 2.05) is 38.1 Å². The number of hydrogen-bond donors (Lipinski definition) is 0. The summed E-state index contributed by atoms with van der Waals surface area (Å²) in [5.41, 5.74) is 2.35. The van der Waals surface area contributed by atoms with Gasteiger partial charge in [-0.1, -0.05) is 63.9 Å². The van der Waals surface area contributed by atoms with Gasteiger partial charge in [0.1, 0.15) is 0 Å². The molecule has 1 radical (unpaired) electrons. The summed E-state index contributed by atoms with van der Waals surface area (Å²) in [5, 5.41) is 0.703. The van der Waals surface area contributed by atoms with E-state index in [1.165, 1.54) is 23.6 Å². The minimum Gasteiger partial charge on any atom is -0.166 e. The number of aryl methyl sites for hydroxylation is 1. The first kappa shape index (κ1) is 21.8. The summed E-state index contributed by atoms with van der Waals surface area (Å²) in [6.07, 6.45) is -1.70. The first-order valence-corrected chi connectivity index (χ1v) is 9.83. The molecular formula is C23H27ClF3. The summed E-state index contributed by atoms with van der Waals surface area (Å²) in [7, 11) is 0. The minimum absolute atomic E-state index is 0.0249. The molecule has 27 heavy (non-hydrogen) atoms. The Kier molecular flexibility index (Phi) is 7.39. The maximum absolute atomic E-state index is 13.2. The zero-order valence-electron chi connectivity index (χ0n) is 16.3. The molecule has 0 amide bonds. The van der Waals surface area contributed by atoms with Gasteiger partial charge in [0.25, 0.3) is 0 Å². The molecule has 1 unspecified atom stereocenters. The molecular weight excluding hydrogens is 369 g/mol. The predicted octanol–water partition coefficient (Wildman–Crippen LogP) is 8.08. The van der Waals surface area contributed by atoms with E-state index in [0.717, 1.165) is 30.4 Å². The lowest BCUT2D eigenvalue weighted by Gasteiger charge is -2.27. The van der Waals surface area contributed by atoms with Crippen LogP contribution in [-0.4, -0.2) is 0 Å². The molecule has 0 aromatic heterocycles. The molecule has 0 saturated carbocycles. The Morgan fingerprint density at radius 2 is 1.63 bits per heavy atom. The molecule has 0 saturated heterocycles. The van der Waals surface area contributed by atoms with Crippen LogP contribution in [0.4, 0.5) is 13.2 Å². The summed E-state index contributed by atoms with van der Waals surface area (Å²) < 4.78 is 39.5. The van der Waals surface area contributed by atoms with Crippen molar-refractivity contribution in [1.29, 1.82) is 0 Å². The number of alkyl halides is 3. The van der Waals surface area contributed by atoms with Crippen molar-refractivity contribution >= 4 is 11.6 Å². The molecule has 2 aromatic rings. The Balaban J connectivity index is 2.36. The quantitative estimate of drug-likeness (QED) is 0.444. The van der Waals surface area contributed by atoms with Gasteiger partial charge in [0.2, 0.25) is 0 Å². The van der Waals surface area contributed by atoms with E-state index >= 15 is 0 Å². The van der Waals surface area contributed by atoms with Crippen molar-refractivity contribution in [2.45, 2.75) is 59.1 Å². The standard InChI is InChI=1S/C23H27ClF3/c1-5-16(4)20(12-8-17-6-10-19(24)11-7-17)21-13-9-18(23(25,26)27)14-22(21)15(2)3/h6-7,9-11,13-16H,5,8,12H2,1-4H3. The molecule has 0 aliphatic carbocycles. The minimum atomic E-state index is -4.32.